The molecule has 0 aromatic carbocycles. The van der Waals surface area contributed by atoms with Crippen molar-refractivity contribution in [2.45, 2.75) is 124 Å². The van der Waals surface area contributed by atoms with Gasteiger partial charge in [-0.05, 0) is 98.2 Å². The van der Waals surface area contributed by atoms with E-state index in [1.165, 1.54) is 12.8 Å². The van der Waals surface area contributed by atoms with E-state index in [1.807, 2.05) is 34.8 Å². The molecule has 33 heavy (non-hydrogen) atoms. The number of fused-ring (bicyclic) bond motifs is 5. The first kappa shape index (κ1) is 29.0. The van der Waals surface area contributed by atoms with Crippen LogP contribution in [0.15, 0.2) is 0 Å². The molecule has 0 radical (unpaired) electrons. The van der Waals surface area contributed by atoms with Gasteiger partial charge in [0.1, 0.15) is 6.61 Å². The van der Waals surface area contributed by atoms with E-state index in [-0.39, 0.29) is 29.5 Å². The predicted octanol–water partition coefficient (Wildman–Crippen LogP) is 7.09. The Balaban J connectivity index is 0.000000914. The molecule has 9 unspecified atom stereocenters. The Kier molecular flexibility index (Phi) is 10.2. The topological polar surface area (TPSA) is 49.7 Å². The second-order valence-electron chi connectivity index (χ2n) is 11.3. The molecule has 9 atom stereocenters. The zero-order chi connectivity index (χ0) is 25.0. The van der Waals surface area contributed by atoms with E-state index in [4.69, 9.17) is 9.84 Å². The Morgan fingerprint density at radius 1 is 0.970 bits per heavy atom. The van der Waals surface area contributed by atoms with Gasteiger partial charge in [0.2, 0.25) is 0 Å². The minimum atomic E-state index is -2.96. The SMILES string of the molecule is CC.CC.COC1CC2(C)C(CCC(F)(F)CO)CCC2C2CCC3CC(O)CCC3(C)C12. The van der Waals surface area contributed by atoms with Crippen LogP contribution in [0.25, 0.3) is 0 Å². The van der Waals surface area contributed by atoms with Crippen molar-refractivity contribution in [2.24, 2.45) is 40.4 Å². The summed E-state index contributed by atoms with van der Waals surface area (Å²) in [4.78, 5) is 0. The summed E-state index contributed by atoms with van der Waals surface area (Å²) in [6, 6.07) is 0. The van der Waals surface area contributed by atoms with Crippen LogP contribution in [0.5, 0.6) is 0 Å². The van der Waals surface area contributed by atoms with Gasteiger partial charge < -0.3 is 14.9 Å². The highest BCUT2D eigenvalue weighted by atomic mass is 19.3. The molecule has 4 aliphatic rings. The fourth-order valence-electron chi connectivity index (χ4n) is 8.59. The highest BCUT2D eigenvalue weighted by Crippen LogP contribution is 2.68. The maximum absolute atomic E-state index is 13.7. The van der Waals surface area contributed by atoms with Crippen LogP contribution in [0.3, 0.4) is 0 Å². The molecule has 0 aliphatic heterocycles. The van der Waals surface area contributed by atoms with Gasteiger partial charge in [0.25, 0.3) is 5.92 Å². The van der Waals surface area contributed by atoms with Crippen molar-refractivity contribution < 1.29 is 23.7 Å². The first-order valence-electron chi connectivity index (χ1n) is 13.8. The van der Waals surface area contributed by atoms with Crippen molar-refractivity contribution in [1.29, 1.82) is 0 Å². The van der Waals surface area contributed by atoms with E-state index in [0.29, 0.717) is 36.0 Å². The number of rotatable bonds is 5. The number of aliphatic hydroxyl groups excluding tert-OH is 2. The molecule has 0 amide bonds. The molecule has 4 rings (SSSR count). The minimum Gasteiger partial charge on any atom is -0.393 e. The third-order valence-electron chi connectivity index (χ3n) is 10.1. The monoisotopic (exact) mass is 474 g/mol. The smallest absolute Gasteiger partial charge is 0.270 e. The molecule has 0 spiro atoms. The lowest BCUT2D eigenvalue weighted by Gasteiger charge is -2.63. The van der Waals surface area contributed by atoms with Crippen molar-refractivity contribution in [3.05, 3.63) is 0 Å². The molecule has 4 aliphatic carbocycles. The molecule has 4 fully saturated rings. The van der Waals surface area contributed by atoms with Crippen LogP contribution < -0.4 is 0 Å². The molecule has 196 valence electrons. The van der Waals surface area contributed by atoms with Gasteiger partial charge in [-0.1, -0.05) is 41.5 Å². The van der Waals surface area contributed by atoms with E-state index in [1.54, 1.807) is 0 Å². The molecule has 0 aromatic rings. The first-order valence-corrected chi connectivity index (χ1v) is 13.8. The molecule has 0 bridgehead atoms. The van der Waals surface area contributed by atoms with Gasteiger partial charge in [-0.25, -0.2) is 8.78 Å². The molecule has 0 aromatic heterocycles. The van der Waals surface area contributed by atoms with Crippen LogP contribution >= 0.6 is 0 Å². The van der Waals surface area contributed by atoms with Crippen molar-refractivity contribution in [3.8, 4) is 0 Å². The maximum atomic E-state index is 13.7. The van der Waals surface area contributed by atoms with Crippen molar-refractivity contribution in [1.82, 2.24) is 0 Å². The van der Waals surface area contributed by atoms with Crippen LogP contribution in [-0.4, -0.2) is 42.1 Å². The number of hydrogen-bond donors (Lipinski definition) is 2. The second kappa shape index (κ2) is 11.6. The Morgan fingerprint density at radius 2 is 1.64 bits per heavy atom. The van der Waals surface area contributed by atoms with Gasteiger partial charge in [0, 0.05) is 13.5 Å². The highest BCUT2D eigenvalue weighted by molar-refractivity contribution is 5.12. The normalized spacial score (nSPS) is 44.3. The Labute approximate surface area is 202 Å². The largest absolute Gasteiger partial charge is 0.393 e. The quantitative estimate of drug-likeness (QED) is 0.447. The highest BCUT2D eigenvalue weighted by Gasteiger charge is 2.63. The number of alkyl halides is 2. The fraction of sp³-hybridized carbons (Fsp3) is 1.00. The summed E-state index contributed by atoms with van der Waals surface area (Å²) in [6.45, 7) is 11.7. The lowest BCUT2D eigenvalue weighted by atomic mass is 9.43. The van der Waals surface area contributed by atoms with Crippen LogP contribution in [0.4, 0.5) is 8.78 Å². The molecule has 3 nitrogen and oxygen atoms in total. The van der Waals surface area contributed by atoms with Crippen LogP contribution in [0, 0.1) is 40.4 Å². The first-order chi connectivity index (χ1) is 15.6. The standard InChI is InChI=1S/C24H40F2O3.2C2H6/c1-22-10-9-17(28)12-16(22)4-6-18-19-7-5-15(8-11-24(25,26)14-27)23(19,2)13-20(29-3)21(18)22;2*1-2/h15-21,27-28H,4-14H2,1-3H3;2*1-2H3. The Morgan fingerprint density at radius 3 is 2.24 bits per heavy atom. The summed E-state index contributed by atoms with van der Waals surface area (Å²) in [5.74, 6) is -0.359. The third kappa shape index (κ3) is 5.45. The second-order valence-corrected chi connectivity index (χ2v) is 11.3. The van der Waals surface area contributed by atoms with Gasteiger partial charge in [0.15, 0.2) is 0 Å². The summed E-state index contributed by atoms with van der Waals surface area (Å²) in [5, 5.41) is 19.2. The van der Waals surface area contributed by atoms with Gasteiger partial charge in [-0.2, -0.15) is 0 Å². The van der Waals surface area contributed by atoms with Gasteiger partial charge in [-0.3, -0.25) is 0 Å². The van der Waals surface area contributed by atoms with E-state index in [2.05, 4.69) is 13.8 Å². The molecule has 2 N–H and O–H groups in total. The molecule has 0 saturated heterocycles. The number of halogens is 2. The van der Waals surface area contributed by atoms with Crippen LogP contribution in [0.2, 0.25) is 0 Å². The van der Waals surface area contributed by atoms with Crippen LogP contribution in [0.1, 0.15) is 106 Å². The summed E-state index contributed by atoms with van der Waals surface area (Å²) in [7, 11) is 1.83. The minimum absolute atomic E-state index is 0.0603. The summed E-state index contributed by atoms with van der Waals surface area (Å²) >= 11 is 0. The summed E-state index contributed by atoms with van der Waals surface area (Å²) in [5.41, 5.74) is 0.289. The maximum Gasteiger partial charge on any atom is 0.270 e. The Hall–Kier alpha value is -0.260. The number of aliphatic hydroxyl groups is 2. The number of hydrogen-bond acceptors (Lipinski definition) is 3. The lowest BCUT2D eigenvalue weighted by Crippen LogP contribution is -2.59. The zero-order valence-corrected chi connectivity index (χ0v) is 22.4. The van der Waals surface area contributed by atoms with Crippen molar-refractivity contribution in [3.63, 3.8) is 0 Å². The fourth-order valence-corrected chi connectivity index (χ4v) is 8.59. The zero-order valence-electron chi connectivity index (χ0n) is 22.4. The molecular formula is C28H52F2O3. The molecule has 5 heteroatoms. The number of methoxy groups -OCH3 is 1. The third-order valence-corrected chi connectivity index (χ3v) is 10.1. The van der Waals surface area contributed by atoms with Crippen molar-refractivity contribution >= 4 is 0 Å². The van der Waals surface area contributed by atoms with Gasteiger partial charge in [-0.15, -0.1) is 0 Å². The lowest BCUT2D eigenvalue weighted by molar-refractivity contribution is -0.186. The van der Waals surface area contributed by atoms with E-state index >= 15 is 0 Å². The Bertz CT molecular complexity index is 600. The van der Waals surface area contributed by atoms with Crippen molar-refractivity contribution in [2.75, 3.05) is 13.7 Å². The van der Waals surface area contributed by atoms with E-state index in [9.17, 15) is 13.9 Å². The van der Waals surface area contributed by atoms with Gasteiger partial charge in [0.05, 0.1) is 12.2 Å². The van der Waals surface area contributed by atoms with E-state index < -0.39 is 12.5 Å². The molecular weight excluding hydrogens is 422 g/mol. The summed E-state index contributed by atoms with van der Waals surface area (Å²) in [6.07, 6.45) is 8.75. The molecule has 0 heterocycles. The van der Waals surface area contributed by atoms with E-state index in [0.717, 1.165) is 38.5 Å². The predicted molar refractivity (Wildman–Crippen MR) is 131 cm³/mol. The average molecular weight is 475 g/mol. The number of ether oxygens (including phenoxy) is 1. The van der Waals surface area contributed by atoms with Crippen LogP contribution in [-0.2, 0) is 4.74 Å². The summed E-state index contributed by atoms with van der Waals surface area (Å²) < 4.78 is 33.6. The molecule has 4 saturated carbocycles. The average Bonchev–Trinajstić information content (AvgIpc) is 3.16. The van der Waals surface area contributed by atoms with Gasteiger partial charge >= 0.3 is 0 Å².